The summed E-state index contributed by atoms with van der Waals surface area (Å²) in [4.78, 5) is 10.1. The van der Waals surface area contributed by atoms with Gasteiger partial charge < -0.3 is 14.8 Å². The fraction of sp³-hybridized carbons (Fsp3) is 0.455. The van der Waals surface area contributed by atoms with Crippen LogP contribution in [0.5, 0.6) is 0 Å². The van der Waals surface area contributed by atoms with Crippen molar-refractivity contribution in [3.05, 3.63) is 16.1 Å². The maximum atomic E-state index is 5.18. The Morgan fingerprint density at radius 2 is 2.00 bits per heavy atom. The van der Waals surface area contributed by atoms with Crippen LogP contribution in [0.1, 0.15) is 10.7 Å². The molecule has 0 aliphatic rings. The highest BCUT2D eigenvalue weighted by Gasteiger charge is 2.15. The van der Waals surface area contributed by atoms with Crippen molar-refractivity contribution in [2.45, 2.75) is 13.2 Å². The zero-order valence-electron chi connectivity index (χ0n) is 10.5. The summed E-state index contributed by atoms with van der Waals surface area (Å²) in [5.41, 5.74) is 1.86. The van der Waals surface area contributed by atoms with Gasteiger partial charge in [-0.3, -0.25) is 0 Å². The van der Waals surface area contributed by atoms with Gasteiger partial charge in [-0.25, -0.2) is 9.97 Å². The van der Waals surface area contributed by atoms with Crippen LogP contribution in [-0.2, 0) is 22.7 Å². The van der Waals surface area contributed by atoms with Crippen LogP contribution in [0.4, 0.5) is 5.13 Å². The van der Waals surface area contributed by atoms with Crippen molar-refractivity contribution < 1.29 is 9.47 Å². The van der Waals surface area contributed by atoms with Gasteiger partial charge in [-0.2, -0.15) is 0 Å². The summed E-state index contributed by atoms with van der Waals surface area (Å²) in [7, 11) is 5.19. The first-order valence-electron chi connectivity index (χ1n) is 5.38. The van der Waals surface area contributed by atoms with Crippen LogP contribution in [0.25, 0.3) is 10.6 Å². The monoisotopic (exact) mass is 285 g/mol. The smallest absolute Gasteiger partial charge is 0.182 e. The normalized spacial score (nSPS) is 10.8. The Kier molecular flexibility index (Phi) is 4.65. The van der Waals surface area contributed by atoms with Crippen LogP contribution in [0.15, 0.2) is 5.38 Å². The number of nitrogens with one attached hydrogen (secondary N) is 1. The second-order valence-corrected chi connectivity index (χ2v) is 5.48. The molecule has 5 nitrogen and oxygen atoms in total. The Bertz CT molecular complexity index is 510. The third-order valence-corrected chi connectivity index (χ3v) is 4.19. The molecule has 18 heavy (non-hydrogen) atoms. The van der Waals surface area contributed by atoms with E-state index in [0.29, 0.717) is 13.2 Å². The number of methoxy groups -OCH3 is 2. The van der Waals surface area contributed by atoms with E-state index < -0.39 is 0 Å². The molecule has 0 bridgehead atoms. The van der Waals surface area contributed by atoms with E-state index in [1.807, 2.05) is 12.4 Å². The van der Waals surface area contributed by atoms with Crippen molar-refractivity contribution in [3.8, 4) is 10.6 Å². The van der Waals surface area contributed by atoms with Crippen LogP contribution in [0, 0.1) is 0 Å². The molecule has 0 amide bonds. The Labute approximate surface area is 114 Å². The number of hydrogen-bond donors (Lipinski definition) is 1. The lowest BCUT2D eigenvalue weighted by Gasteiger charge is -1.97. The predicted octanol–water partition coefficient (Wildman–Crippen LogP) is 2.60. The molecule has 0 saturated carbocycles. The lowest BCUT2D eigenvalue weighted by Crippen LogP contribution is -1.92. The molecule has 1 N–H and O–H groups in total. The van der Waals surface area contributed by atoms with Crippen LogP contribution in [0.3, 0.4) is 0 Å². The van der Waals surface area contributed by atoms with Gasteiger partial charge in [0.05, 0.1) is 29.5 Å². The van der Waals surface area contributed by atoms with Crippen molar-refractivity contribution in [3.63, 3.8) is 0 Å². The average Bonchev–Trinajstić information content (AvgIpc) is 2.96. The third kappa shape index (κ3) is 2.86. The topological polar surface area (TPSA) is 56.3 Å². The van der Waals surface area contributed by atoms with Crippen LogP contribution < -0.4 is 5.32 Å². The van der Waals surface area contributed by atoms with Crippen molar-refractivity contribution in [1.29, 1.82) is 0 Å². The fourth-order valence-corrected chi connectivity index (χ4v) is 3.25. The number of ether oxygens (including phenoxy) is 2. The quantitative estimate of drug-likeness (QED) is 0.884. The summed E-state index contributed by atoms with van der Waals surface area (Å²) in [5, 5.41) is 6.90. The number of hydrogen-bond acceptors (Lipinski definition) is 7. The summed E-state index contributed by atoms with van der Waals surface area (Å²) < 4.78 is 10.3. The minimum Gasteiger partial charge on any atom is -0.378 e. The van der Waals surface area contributed by atoms with E-state index in [4.69, 9.17) is 9.47 Å². The molecule has 0 atom stereocenters. The van der Waals surface area contributed by atoms with E-state index in [9.17, 15) is 0 Å². The van der Waals surface area contributed by atoms with E-state index in [0.717, 1.165) is 26.4 Å². The molecular formula is C11H15N3O2S2. The summed E-state index contributed by atoms with van der Waals surface area (Å²) in [5.74, 6) is 0. The second kappa shape index (κ2) is 6.24. The molecule has 0 aliphatic heterocycles. The highest BCUT2D eigenvalue weighted by atomic mass is 32.1. The van der Waals surface area contributed by atoms with Crippen LogP contribution >= 0.6 is 22.7 Å². The van der Waals surface area contributed by atoms with Crippen molar-refractivity contribution >= 4 is 27.8 Å². The molecule has 0 aromatic carbocycles. The van der Waals surface area contributed by atoms with E-state index in [2.05, 4.69) is 15.3 Å². The van der Waals surface area contributed by atoms with Crippen LogP contribution in [-0.4, -0.2) is 31.2 Å². The SMILES string of the molecule is CNc1nc(-c2sc(COC)nc2COC)cs1. The minimum absolute atomic E-state index is 0.488. The zero-order valence-corrected chi connectivity index (χ0v) is 12.2. The number of anilines is 1. The van der Waals surface area contributed by atoms with Crippen molar-refractivity contribution in [2.75, 3.05) is 26.6 Å². The first-order chi connectivity index (χ1) is 8.78. The first kappa shape index (κ1) is 13.4. The Balaban J connectivity index is 2.34. The lowest BCUT2D eigenvalue weighted by atomic mass is 10.3. The molecular weight excluding hydrogens is 270 g/mol. The van der Waals surface area contributed by atoms with Gasteiger partial charge in [0.2, 0.25) is 0 Å². The number of nitrogens with zero attached hydrogens (tertiary/aromatic N) is 2. The molecule has 0 spiro atoms. The van der Waals surface area contributed by atoms with Gasteiger partial charge >= 0.3 is 0 Å². The average molecular weight is 285 g/mol. The Hall–Kier alpha value is -1.02. The molecule has 0 saturated heterocycles. The molecule has 0 radical (unpaired) electrons. The van der Waals surface area contributed by atoms with Crippen LogP contribution in [0.2, 0.25) is 0 Å². The Morgan fingerprint density at radius 3 is 2.61 bits per heavy atom. The first-order valence-corrected chi connectivity index (χ1v) is 7.08. The molecule has 7 heteroatoms. The Morgan fingerprint density at radius 1 is 1.22 bits per heavy atom. The summed E-state index contributed by atoms with van der Waals surface area (Å²) in [6, 6.07) is 0. The van der Waals surface area contributed by atoms with E-state index >= 15 is 0 Å². The summed E-state index contributed by atoms with van der Waals surface area (Å²) >= 11 is 3.18. The lowest BCUT2D eigenvalue weighted by molar-refractivity contribution is 0.176. The molecule has 0 fully saturated rings. The molecule has 0 unspecified atom stereocenters. The fourth-order valence-electron chi connectivity index (χ4n) is 1.51. The zero-order chi connectivity index (χ0) is 13.0. The molecule has 2 aromatic heterocycles. The molecule has 98 valence electrons. The number of aromatic nitrogens is 2. The van der Waals surface area contributed by atoms with E-state index in [1.54, 1.807) is 36.9 Å². The standard InChI is InChI=1S/C11H15N3O2S2/c1-12-11-14-8(6-17-11)10-7(4-15-2)13-9(18-10)5-16-3/h6H,4-5H2,1-3H3,(H,12,14). The highest BCUT2D eigenvalue weighted by molar-refractivity contribution is 7.16. The van der Waals surface area contributed by atoms with Gasteiger partial charge in [0.1, 0.15) is 5.01 Å². The molecule has 0 aliphatic carbocycles. The number of rotatable bonds is 6. The van der Waals surface area contributed by atoms with Gasteiger partial charge in [-0.05, 0) is 0 Å². The molecule has 2 heterocycles. The summed E-state index contributed by atoms with van der Waals surface area (Å²) in [6.07, 6.45) is 0. The van der Waals surface area contributed by atoms with Gasteiger partial charge in [0, 0.05) is 26.6 Å². The van der Waals surface area contributed by atoms with Crippen molar-refractivity contribution in [1.82, 2.24) is 9.97 Å². The maximum absolute atomic E-state index is 5.18. The van der Waals surface area contributed by atoms with Crippen molar-refractivity contribution in [2.24, 2.45) is 0 Å². The summed E-state index contributed by atoms with van der Waals surface area (Å²) in [6.45, 7) is 1.01. The largest absolute Gasteiger partial charge is 0.378 e. The van der Waals surface area contributed by atoms with Gasteiger partial charge in [-0.15, -0.1) is 22.7 Å². The minimum atomic E-state index is 0.488. The maximum Gasteiger partial charge on any atom is 0.182 e. The second-order valence-electron chi connectivity index (χ2n) is 3.54. The number of thiazole rings is 2. The van der Waals surface area contributed by atoms with Gasteiger partial charge in [0.25, 0.3) is 0 Å². The highest BCUT2D eigenvalue weighted by Crippen LogP contribution is 2.33. The van der Waals surface area contributed by atoms with E-state index in [1.165, 1.54) is 0 Å². The predicted molar refractivity (Wildman–Crippen MR) is 74.2 cm³/mol. The van der Waals surface area contributed by atoms with Gasteiger partial charge in [-0.1, -0.05) is 0 Å². The third-order valence-electron chi connectivity index (χ3n) is 2.24. The molecule has 2 rings (SSSR count). The molecule has 2 aromatic rings. The van der Waals surface area contributed by atoms with E-state index in [-0.39, 0.29) is 0 Å². The van der Waals surface area contributed by atoms with Gasteiger partial charge in [0.15, 0.2) is 5.13 Å².